The van der Waals surface area contributed by atoms with E-state index in [1.54, 1.807) is 0 Å². The number of aliphatic hydroxyl groups is 1. The third-order valence-corrected chi connectivity index (χ3v) is 3.08. The van der Waals surface area contributed by atoms with Crippen molar-refractivity contribution in [1.29, 1.82) is 0 Å². The van der Waals surface area contributed by atoms with E-state index in [9.17, 15) is 14.7 Å². The molecule has 1 heterocycles. The predicted octanol–water partition coefficient (Wildman–Crippen LogP) is -1.05. The Balaban J connectivity index is 2.63. The number of nitrogens with zero attached hydrogens (tertiary/aromatic N) is 1. The molecule has 0 spiro atoms. The summed E-state index contributed by atoms with van der Waals surface area (Å²) in [5.74, 6) is -0.878. The normalized spacial score (nSPS) is 25.9. The standard InChI is InChI=1S/C11H21N3O3/c1-2-3-4-8(12)11(17)14-6-7(15)5-9(14)10(13)16/h7-9,15H,2-6,12H2,1H3,(H2,13,16)/t7?,8-,9?/m0/s1. The summed E-state index contributed by atoms with van der Waals surface area (Å²) in [6, 6.07) is -1.33. The molecule has 1 aliphatic rings. The number of nitrogens with two attached hydrogens (primary N) is 2. The quantitative estimate of drug-likeness (QED) is 0.572. The topological polar surface area (TPSA) is 110 Å². The zero-order valence-electron chi connectivity index (χ0n) is 10.1. The number of likely N-dealkylation sites (tertiary alicyclic amines) is 1. The van der Waals surface area contributed by atoms with E-state index >= 15 is 0 Å². The maximum absolute atomic E-state index is 12.0. The summed E-state index contributed by atoms with van der Waals surface area (Å²) in [6.45, 7) is 2.16. The predicted molar refractivity (Wildman–Crippen MR) is 62.8 cm³/mol. The highest BCUT2D eigenvalue weighted by Gasteiger charge is 2.39. The molecule has 2 unspecified atom stereocenters. The van der Waals surface area contributed by atoms with Crippen LogP contribution in [0, 0.1) is 0 Å². The van der Waals surface area contributed by atoms with Gasteiger partial charge in [0.1, 0.15) is 6.04 Å². The van der Waals surface area contributed by atoms with Crippen molar-refractivity contribution >= 4 is 11.8 Å². The average Bonchev–Trinajstić information content (AvgIpc) is 2.67. The molecule has 1 rings (SSSR count). The second kappa shape index (κ2) is 5.97. The van der Waals surface area contributed by atoms with Gasteiger partial charge in [0.15, 0.2) is 0 Å². The minimum Gasteiger partial charge on any atom is -0.391 e. The Morgan fingerprint density at radius 2 is 2.18 bits per heavy atom. The molecular weight excluding hydrogens is 222 g/mol. The van der Waals surface area contributed by atoms with Crippen LogP contribution < -0.4 is 11.5 Å². The largest absolute Gasteiger partial charge is 0.391 e. The highest BCUT2D eigenvalue weighted by molar-refractivity contribution is 5.89. The third kappa shape index (κ3) is 3.41. The van der Waals surface area contributed by atoms with E-state index in [1.165, 1.54) is 4.90 Å². The lowest BCUT2D eigenvalue weighted by molar-refractivity contribution is -0.138. The van der Waals surface area contributed by atoms with E-state index in [-0.39, 0.29) is 18.9 Å². The molecule has 0 saturated carbocycles. The number of amides is 2. The van der Waals surface area contributed by atoms with Crippen LogP contribution in [0.1, 0.15) is 32.6 Å². The van der Waals surface area contributed by atoms with Gasteiger partial charge in [0.25, 0.3) is 0 Å². The number of carbonyl (C=O) groups excluding carboxylic acids is 2. The van der Waals surface area contributed by atoms with Crippen LogP contribution >= 0.6 is 0 Å². The van der Waals surface area contributed by atoms with Gasteiger partial charge in [-0.3, -0.25) is 9.59 Å². The van der Waals surface area contributed by atoms with Crippen molar-refractivity contribution in [1.82, 2.24) is 4.90 Å². The molecule has 0 aromatic heterocycles. The van der Waals surface area contributed by atoms with Crippen molar-refractivity contribution in [2.45, 2.75) is 50.8 Å². The minimum atomic E-state index is -0.717. The SMILES string of the molecule is CCCC[C@H](N)C(=O)N1CC(O)CC1C(N)=O. The molecule has 0 aliphatic carbocycles. The monoisotopic (exact) mass is 243 g/mol. The number of β-amino-alcohol motifs (C(OH)–C–C–N with tert-alkyl or cyclic N) is 1. The van der Waals surface area contributed by atoms with Gasteiger partial charge in [-0.2, -0.15) is 0 Å². The summed E-state index contributed by atoms with van der Waals surface area (Å²) in [7, 11) is 0. The summed E-state index contributed by atoms with van der Waals surface area (Å²) in [5, 5.41) is 9.48. The highest BCUT2D eigenvalue weighted by atomic mass is 16.3. The first-order chi connectivity index (χ1) is 7.97. The van der Waals surface area contributed by atoms with Crippen LogP contribution in [0.3, 0.4) is 0 Å². The molecule has 0 radical (unpaired) electrons. The van der Waals surface area contributed by atoms with E-state index in [0.29, 0.717) is 6.42 Å². The van der Waals surface area contributed by atoms with Gasteiger partial charge in [0.05, 0.1) is 12.1 Å². The number of hydrogen-bond donors (Lipinski definition) is 3. The molecule has 0 aromatic carbocycles. The van der Waals surface area contributed by atoms with Crippen molar-refractivity contribution in [2.75, 3.05) is 6.54 Å². The molecule has 6 nitrogen and oxygen atoms in total. The molecule has 3 atom stereocenters. The first kappa shape index (κ1) is 13.9. The fourth-order valence-electron chi connectivity index (χ4n) is 2.09. The van der Waals surface area contributed by atoms with Crippen molar-refractivity contribution < 1.29 is 14.7 Å². The lowest BCUT2D eigenvalue weighted by atomic mass is 10.1. The van der Waals surface area contributed by atoms with Crippen LogP contribution in [0.2, 0.25) is 0 Å². The summed E-state index contributed by atoms with van der Waals surface area (Å²) in [4.78, 5) is 24.5. The van der Waals surface area contributed by atoms with Crippen LogP contribution in [-0.4, -0.2) is 46.6 Å². The van der Waals surface area contributed by atoms with Crippen LogP contribution in [0.25, 0.3) is 0 Å². The number of hydrogen-bond acceptors (Lipinski definition) is 4. The molecule has 6 heteroatoms. The number of aliphatic hydroxyl groups excluding tert-OH is 1. The maximum atomic E-state index is 12.0. The zero-order chi connectivity index (χ0) is 13.0. The van der Waals surface area contributed by atoms with Gasteiger partial charge < -0.3 is 21.5 Å². The van der Waals surface area contributed by atoms with E-state index in [4.69, 9.17) is 11.5 Å². The summed E-state index contributed by atoms with van der Waals surface area (Å²) in [5.41, 5.74) is 11.0. The Morgan fingerprint density at radius 3 is 2.71 bits per heavy atom. The van der Waals surface area contributed by atoms with Crippen molar-refractivity contribution in [3.05, 3.63) is 0 Å². The number of rotatable bonds is 5. The molecule has 1 aliphatic heterocycles. The lowest BCUT2D eigenvalue weighted by Gasteiger charge is -2.25. The second-order valence-electron chi connectivity index (χ2n) is 4.55. The van der Waals surface area contributed by atoms with Gasteiger partial charge in [-0.05, 0) is 6.42 Å². The fourth-order valence-corrected chi connectivity index (χ4v) is 2.09. The summed E-state index contributed by atoms with van der Waals surface area (Å²) in [6.07, 6.45) is 1.94. The molecule has 0 bridgehead atoms. The van der Waals surface area contributed by atoms with Crippen molar-refractivity contribution in [3.8, 4) is 0 Å². The highest BCUT2D eigenvalue weighted by Crippen LogP contribution is 2.19. The third-order valence-electron chi connectivity index (χ3n) is 3.08. The maximum Gasteiger partial charge on any atom is 0.240 e. The first-order valence-corrected chi connectivity index (χ1v) is 6.00. The second-order valence-corrected chi connectivity index (χ2v) is 4.55. The fraction of sp³-hybridized carbons (Fsp3) is 0.818. The Morgan fingerprint density at radius 1 is 1.53 bits per heavy atom. The number of unbranched alkanes of at least 4 members (excludes halogenated alkanes) is 1. The van der Waals surface area contributed by atoms with Gasteiger partial charge in [-0.15, -0.1) is 0 Å². The van der Waals surface area contributed by atoms with Gasteiger partial charge >= 0.3 is 0 Å². The van der Waals surface area contributed by atoms with Gasteiger partial charge in [0, 0.05) is 13.0 Å². The summed E-state index contributed by atoms with van der Waals surface area (Å²) >= 11 is 0. The smallest absolute Gasteiger partial charge is 0.240 e. The zero-order valence-corrected chi connectivity index (χ0v) is 10.1. The Labute approximate surface area is 101 Å². The minimum absolute atomic E-state index is 0.145. The molecule has 0 aromatic rings. The van der Waals surface area contributed by atoms with Crippen LogP contribution in [0.4, 0.5) is 0 Å². The molecule has 17 heavy (non-hydrogen) atoms. The van der Waals surface area contributed by atoms with Gasteiger partial charge in [0.2, 0.25) is 11.8 Å². The molecule has 1 saturated heterocycles. The number of primary amides is 1. The number of carbonyl (C=O) groups is 2. The van der Waals surface area contributed by atoms with E-state index < -0.39 is 24.1 Å². The van der Waals surface area contributed by atoms with Crippen LogP contribution in [0.15, 0.2) is 0 Å². The van der Waals surface area contributed by atoms with E-state index in [0.717, 1.165) is 12.8 Å². The van der Waals surface area contributed by atoms with Gasteiger partial charge in [-0.25, -0.2) is 0 Å². The molecule has 98 valence electrons. The summed E-state index contributed by atoms with van der Waals surface area (Å²) < 4.78 is 0. The Kier molecular flexibility index (Phi) is 4.89. The van der Waals surface area contributed by atoms with Crippen LogP contribution in [-0.2, 0) is 9.59 Å². The first-order valence-electron chi connectivity index (χ1n) is 6.00. The van der Waals surface area contributed by atoms with E-state index in [1.807, 2.05) is 6.92 Å². The van der Waals surface area contributed by atoms with Gasteiger partial charge in [-0.1, -0.05) is 19.8 Å². The molecule has 1 fully saturated rings. The molecule has 2 amide bonds. The van der Waals surface area contributed by atoms with Crippen LogP contribution in [0.5, 0.6) is 0 Å². The Bertz CT molecular complexity index is 296. The Hall–Kier alpha value is -1.14. The van der Waals surface area contributed by atoms with Crippen molar-refractivity contribution in [3.63, 3.8) is 0 Å². The molecule has 5 N–H and O–H groups in total. The lowest BCUT2D eigenvalue weighted by Crippen LogP contribution is -2.50. The van der Waals surface area contributed by atoms with Crippen molar-refractivity contribution in [2.24, 2.45) is 11.5 Å². The van der Waals surface area contributed by atoms with E-state index in [2.05, 4.69) is 0 Å². The average molecular weight is 243 g/mol. The molecular formula is C11H21N3O3.